The highest BCUT2D eigenvalue weighted by molar-refractivity contribution is 7.75. The molecule has 1 heterocycles. The summed E-state index contributed by atoms with van der Waals surface area (Å²) >= 11 is 3.83. The Morgan fingerprint density at radius 1 is 1.46 bits per heavy atom. The van der Waals surface area contributed by atoms with Gasteiger partial charge in [-0.3, -0.25) is 0 Å². The quantitative estimate of drug-likeness (QED) is 0.549. The molecule has 0 unspecified atom stereocenters. The molecular weight excluding hydrogens is 184 g/mol. The Morgan fingerprint density at radius 3 is 2.92 bits per heavy atom. The van der Waals surface area contributed by atoms with Crippen molar-refractivity contribution in [1.29, 1.82) is 0 Å². The summed E-state index contributed by atoms with van der Waals surface area (Å²) in [6.07, 6.45) is 0. The second kappa shape index (κ2) is 2.84. The Kier molecular flexibility index (Phi) is 1.91. The first kappa shape index (κ1) is 8.75. The maximum atomic E-state index is 5.54. The van der Waals surface area contributed by atoms with Gasteiger partial charge in [0.05, 0.1) is 6.61 Å². The molecule has 2 nitrogen and oxygen atoms in total. The van der Waals surface area contributed by atoms with E-state index in [4.69, 9.17) is 8.92 Å². The number of rotatable bonds is 1. The van der Waals surface area contributed by atoms with Gasteiger partial charge in [0.2, 0.25) is 0 Å². The van der Waals surface area contributed by atoms with E-state index < -0.39 is 0 Å². The van der Waals surface area contributed by atoms with Crippen molar-refractivity contribution in [2.24, 2.45) is 0 Å². The second-order valence-electron chi connectivity index (χ2n) is 3.89. The van der Waals surface area contributed by atoms with Gasteiger partial charge in [-0.25, -0.2) is 0 Å². The van der Waals surface area contributed by atoms with Crippen molar-refractivity contribution in [3.63, 3.8) is 0 Å². The minimum absolute atomic E-state index is 0.0225. The topological polar surface area (TPSA) is 18.5 Å². The molecule has 0 atom stereocenters. The van der Waals surface area contributed by atoms with Crippen molar-refractivity contribution < 1.29 is 8.92 Å². The SMILES string of the molecule is CC1(C)COc2cccc(OS)c21. The number of fused-ring (bicyclic) bond motifs is 1. The molecule has 13 heavy (non-hydrogen) atoms. The fourth-order valence-electron chi connectivity index (χ4n) is 1.70. The molecule has 0 saturated heterocycles. The molecule has 0 spiro atoms. The summed E-state index contributed by atoms with van der Waals surface area (Å²) < 4.78 is 10.5. The highest BCUT2D eigenvalue weighted by Crippen LogP contribution is 2.44. The molecule has 0 aliphatic carbocycles. The maximum Gasteiger partial charge on any atom is 0.144 e. The van der Waals surface area contributed by atoms with Gasteiger partial charge in [0.1, 0.15) is 11.5 Å². The molecule has 0 N–H and O–H groups in total. The molecule has 70 valence electrons. The van der Waals surface area contributed by atoms with Gasteiger partial charge < -0.3 is 8.92 Å². The Bertz CT molecular complexity index is 334. The average molecular weight is 196 g/mol. The fourth-order valence-corrected chi connectivity index (χ4v) is 1.86. The Balaban J connectivity index is 2.60. The van der Waals surface area contributed by atoms with E-state index in [-0.39, 0.29) is 5.41 Å². The van der Waals surface area contributed by atoms with Crippen LogP contribution in [0.2, 0.25) is 0 Å². The lowest BCUT2D eigenvalue weighted by Crippen LogP contribution is -2.18. The number of benzene rings is 1. The molecule has 0 bridgehead atoms. The van der Waals surface area contributed by atoms with Crippen LogP contribution in [0, 0.1) is 0 Å². The lowest BCUT2D eigenvalue weighted by molar-refractivity contribution is 0.290. The van der Waals surface area contributed by atoms with Crippen LogP contribution >= 0.6 is 12.9 Å². The monoisotopic (exact) mass is 196 g/mol. The van der Waals surface area contributed by atoms with E-state index >= 15 is 0 Å². The third-order valence-electron chi connectivity index (χ3n) is 2.35. The first-order valence-corrected chi connectivity index (χ1v) is 4.59. The molecule has 1 aliphatic heterocycles. The van der Waals surface area contributed by atoms with E-state index in [2.05, 4.69) is 26.8 Å². The highest BCUT2D eigenvalue weighted by atomic mass is 32.1. The van der Waals surface area contributed by atoms with Crippen molar-refractivity contribution in [3.8, 4) is 11.5 Å². The first-order chi connectivity index (χ1) is 6.15. The Hall–Kier alpha value is -0.830. The van der Waals surface area contributed by atoms with Gasteiger partial charge in [0, 0.05) is 23.9 Å². The first-order valence-electron chi connectivity index (χ1n) is 4.23. The Morgan fingerprint density at radius 2 is 2.23 bits per heavy atom. The van der Waals surface area contributed by atoms with E-state index in [1.165, 1.54) is 0 Å². The zero-order valence-corrected chi connectivity index (χ0v) is 8.60. The molecule has 0 amide bonds. The van der Waals surface area contributed by atoms with Crippen LogP contribution in [0.1, 0.15) is 19.4 Å². The molecule has 1 aromatic rings. The van der Waals surface area contributed by atoms with E-state index in [0.717, 1.165) is 17.1 Å². The predicted molar refractivity (Wildman–Crippen MR) is 54.6 cm³/mol. The predicted octanol–water partition coefficient (Wildman–Crippen LogP) is 2.58. The highest BCUT2D eigenvalue weighted by Gasteiger charge is 2.34. The van der Waals surface area contributed by atoms with Gasteiger partial charge in [-0.05, 0) is 12.1 Å². The van der Waals surface area contributed by atoms with Gasteiger partial charge in [-0.15, -0.1) is 0 Å². The lowest BCUT2D eigenvalue weighted by Gasteiger charge is -2.17. The summed E-state index contributed by atoms with van der Waals surface area (Å²) in [7, 11) is 0. The molecule has 1 aromatic carbocycles. The van der Waals surface area contributed by atoms with Crippen LogP contribution in [0.25, 0.3) is 0 Å². The summed E-state index contributed by atoms with van der Waals surface area (Å²) in [5.74, 6) is 1.71. The van der Waals surface area contributed by atoms with Crippen LogP contribution in [-0.4, -0.2) is 6.61 Å². The molecule has 3 heteroatoms. The fraction of sp³-hybridized carbons (Fsp3) is 0.400. The summed E-state index contributed by atoms with van der Waals surface area (Å²) in [4.78, 5) is 0. The van der Waals surface area contributed by atoms with Crippen molar-refractivity contribution in [2.45, 2.75) is 19.3 Å². The van der Waals surface area contributed by atoms with Gasteiger partial charge in [-0.2, -0.15) is 0 Å². The summed E-state index contributed by atoms with van der Waals surface area (Å²) in [6, 6.07) is 5.77. The normalized spacial score (nSPS) is 17.8. The van der Waals surface area contributed by atoms with Gasteiger partial charge in [-0.1, -0.05) is 19.9 Å². The third-order valence-corrected chi connectivity index (χ3v) is 2.55. The number of ether oxygens (including phenoxy) is 1. The molecule has 0 radical (unpaired) electrons. The van der Waals surface area contributed by atoms with Crippen LogP contribution < -0.4 is 8.92 Å². The van der Waals surface area contributed by atoms with Crippen molar-refractivity contribution in [3.05, 3.63) is 23.8 Å². The zero-order valence-electron chi connectivity index (χ0n) is 7.70. The van der Waals surface area contributed by atoms with E-state index in [0.29, 0.717) is 6.61 Å². The largest absolute Gasteiger partial charge is 0.492 e. The summed E-state index contributed by atoms with van der Waals surface area (Å²) in [6.45, 7) is 4.97. The molecule has 0 fully saturated rings. The summed E-state index contributed by atoms with van der Waals surface area (Å²) in [5.41, 5.74) is 1.14. The molecular formula is C10H12O2S. The van der Waals surface area contributed by atoms with Gasteiger partial charge in [0.25, 0.3) is 0 Å². The minimum atomic E-state index is 0.0225. The van der Waals surface area contributed by atoms with Crippen LogP contribution in [0.3, 0.4) is 0 Å². The zero-order chi connectivity index (χ0) is 9.47. The van der Waals surface area contributed by atoms with Crippen LogP contribution in [-0.2, 0) is 5.41 Å². The van der Waals surface area contributed by atoms with Crippen LogP contribution in [0.5, 0.6) is 11.5 Å². The van der Waals surface area contributed by atoms with E-state index in [1.807, 2.05) is 18.2 Å². The summed E-state index contributed by atoms with van der Waals surface area (Å²) in [5, 5.41) is 0. The number of thiol groups is 1. The minimum Gasteiger partial charge on any atom is -0.492 e. The molecule has 2 rings (SSSR count). The molecule has 0 saturated carbocycles. The lowest BCUT2D eigenvalue weighted by atomic mass is 9.86. The van der Waals surface area contributed by atoms with Crippen molar-refractivity contribution in [1.82, 2.24) is 0 Å². The number of hydrogen-bond donors (Lipinski definition) is 1. The number of hydrogen-bond acceptors (Lipinski definition) is 3. The maximum absolute atomic E-state index is 5.54. The molecule has 0 aromatic heterocycles. The van der Waals surface area contributed by atoms with Gasteiger partial charge >= 0.3 is 0 Å². The smallest absolute Gasteiger partial charge is 0.144 e. The van der Waals surface area contributed by atoms with Gasteiger partial charge in [0.15, 0.2) is 0 Å². The van der Waals surface area contributed by atoms with Crippen LogP contribution in [0.15, 0.2) is 18.2 Å². The second-order valence-corrected chi connectivity index (χ2v) is 4.08. The third kappa shape index (κ3) is 1.27. The average Bonchev–Trinajstić information content (AvgIpc) is 2.43. The standard InChI is InChI=1S/C10H12O2S/c1-10(2)6-11-7-4-3-5-8(12-13)9(7)10/h3-5,13H,6H2,1-2H3. The van der Waals surface area contributed by atoms with Crippen LogP contribution in [0.4, 0.5) is 0 Å². The van der Waals surface area contributed by atoms with E-state index in [1.54, 1.807) is 0 Å². The Labute approximate surface area is 83.5 Å². The van der Waals surface area contributed by atoms with Crippen molar-refractivity contribution >= 4 is 12.9 Å². The van der Waals surface area contributed by atoms with Crippen molar-refractivity contribution in [2.75, 3.05) is 6.61 Å². The van der Waals surface area contributed by atoms with E-state index in [9.17, 15) is 0 Å². The molecule has 1 aliphatic rings.